The molecule has 1 aromatic heterocycles. The maximum atomic E-state index is 11.7. The monoisotopic (exact) mass is 265 g/mol. The number of esters is 1. The second kappa shape index (κ2) is 4.65. The van der Waals surface area contributed by atoms with Crippen LogP contribution in [0.25, 0.3) is 0 Å². The van der Waals surface area contributed by atoms with E-state index >= 15 is 0 Å². The molecule has 4 heteroatoms. The fourth-order valence-electron chi connectivity index (χ4n) is 3.36. The molecule has 0 atom stereocenters. The number of nitrogens with zero attached hydrogens (tertiary/aromatic N) is 1. The van der Waals surface area contributed by atoms with Crippen LogP contribution in [0.15, 0.2) is 0 Å². The minimum absolute atomic E-state index is 0.252. The van der Waals surface area contributed by atoms with Crippen molar-refractivity contribution < 1.29 is 9.53 Å². The molecule has 0 saturated heterocycles. The van der Waals surface area contributed by atoms with E-state index in [1.807, 2.05) is 6.92 Å². The Bertz CT molecular complexity index is 460. The molecular formula is C14H19NO2S. The van der Waals surface area contributed by atoms with Gasteiger partial charge in [0.25, 0.3) is 0 Å². The molecule has 0 bridgehead atoms. The van der Waals surface area contributed by atoms with Crippen LogP contribution < -0.4 is 0 Å². The Labute approximate surface area is 112 Å². The zero-order chi connectivity index (χ0) is 12.6. The van der Waals surface area contributed by atoms with Crippen molar-refractivity contribution in [3.8, 4) is 0 Å². The molecule has 1 heterocycles. The first-order valence-electron chi connectivity index (χ1n) is 6.88. The predicted molar refractivity (Wildman–Crippen MR) is 71.0 cm³/mol. The predicted octanol–water partition coefficient (Wildman–Crippen LogP) is 3.37. The first-order valence-corrected chi connectivity index (χ1v) is 7.70. The van der Waals surface area contributed by atoms with Gasteiger partial charge in [-0.15, -0.1) is 11.3 Å². The van der Waals surface area contributed by atoms with E-state index in [4.69, 9.17) is 4.74 Å². The van der Waals surface area contributed by atoms with E-state index in [0.29, 0.717) is 17.0 Å². The van der Waals surface area contributed by atoms with Crippen LogP contribution in [0.1, 0.15) is 59.4 Å². The Morgan fingerprint density at radius 3 is 2.89 bits per heavy atom. The highest BCUT2D eigenvalue weighted by molar-refractivity contribution is 7.13. The third kappa shape index (κ3) is 2.07. The van der Waals surface area contributed by atoms with Crippen LogP contribution >= 0.6 is 11.3 Å². The van der Waals surface area contributed by atoms with E-state index in [9.17, 15) is 4.79 Å². The Balaban J connectivity index is 1.81. The molecule has 1 fully saturated rings. The summed E-state index contributed by atoms with van der Waals surface area (Å²) in [5.41, 5.74) is 1.69. The number of carbonyl (C=O) groups excluding carboxylic acids is 1. The van der Waals surface area contributed by atoms with Gasteiger partial charge in [0.2, 0.25) is 5.01 Å². The minimum Gasteiger partial charge on any atom is -0.461 e. The summed E-state index contributed by atoms with van der Waals surface area (Å²) in [7, 11) is 0. The van der Waals surface area contributed by atoms with Gasteiger partial charge in [-0.05, 0) is 44.4 Å². The maximum absolute atomic E-state index is 11.7. The van der Waals surface area contributed by atoms with Gasteiger partial charge in [-0.2, -0.15) is 0 Å². The first-order chi connectivity index (χ1) is 8.72. The van der Waals surface area contributed by atoms with Crippen molar-refractivity contribution >= 4 is 17.3 Å². The molecule has 3 nitrogen and oxygen atoms in total. The van der Waals surface area contributed by atoms with E-state index in [1.165, 1.54) is 37.0 Å². The zero-order valence-electron chi connectivity index (χ0n) is 10.8. The molecule has 98 valence electrons. The van der Waals surface area contributed by atoms with Crippen LogP contribution in [0.2, 0.25) is 0 Å². The summed E-state index contributed by atoms with van der Waals surface area (Å²) < 4.78 is 5.03. The lowest BCUT2D eigenvalue weighted by Crippen LogP contribution is -2.24. The van der Waals surface area contributed by atoms with Gasteiger partial charge >= 0.3 is 5.97 Å². The lowest BCUT2D eigenvalue weighted by Gasteiger charge is -2.32. The molecule has 0 aromatic carbocycles. The number of carbonyl (C=O) groups is 1. The maximum Gasteiger partial charge on any atom is 0.367 e. The number of fused-ring (bicyclic) bond motifs is 1. The number of rotatable bonds is 2. The molecule has 1 saturated carbocycles. The lowest BCUT2D eigenvalue weighted by molar-refractivity contribution is 0.0525. The summed E-state index contributed by atoms with van der Waals surface area (Å²) in [6.45, 7) is 2.26. The second-order valence-corrected chi connectivity index (χ2v) is 6.58. The van der Waals surface area contributed by atoms with Gasteiger partial charge in [-0.25, -0.2) is 9.78 Å². The lowest BCUT2D eigenvalue weighted by atomic mass is 9.74. The Kier molecular flexibility index (Phi) is 3.14. The Hall–Kier alpha value is -0.900. The molecule has 0 radical (unpaired) electrons. The number of hydrogen-bond acceptors (Lipinski definition) is 4. The van der Waals surface area contributed by atoms with Crippen LogP contribution in [0, 0.1) is 5.41 Å². The highest BCUT2D eigenvalue weighted by Crippen LogP contribution is 2.48. The van der Waals surface area contributed by atoms with E-state index in [2.05, 4.69) is 4.98 Å². The number of ether oxygens (including phenoxy) is 1. The largest absolute Gasteiger partial charge is 0.461 e. The van der Waals surface area contributed by atoms with Gasteiger partial charge in [-0.3, -0.25) is 0 Å². The summed E-state index contributed by atoms with van der Waals surface area (Å²) in [6, 6.07) is 0. The van der Waals surface area contributed by atoms with Crippen LogP contribution in [0.4, 0.5) is 0 Å². The molecule has 18 heavy (non-hydrogen) atoms. The zero-order valence-corrected chi connectivity index (χ0v) is 11.6. The van der Waals surface area contributed by atoms with Gasteiger partial charge in [0.05, 0.1) is 12.3 Å². The summed E-state index contributed by atoms with van der Waals surface area (Å²) >= 11 is 1.56. The third-order valence-corrected chi connectivity index (χ3v) is 5.40. The molecule has 0 unspecified atom stereocenters. The first kappa shape index (κ1) is 12.2. The van der Waals surface area contributed by atoms with Crippen molar-refractivity contribution in [1.82, 2.24) is 4.98 Å². The smallest absolute Gasteiger partial charge is 0.367 e. The van der Waals surface area contributed by atoms with Crippen molar-refractivity contribution in [3.63, 3.8) is 0 Å². The van der Waals surface area contributed by atoms with Crippen LogP contribution in [-0.4, -0.2) is 17.6 Å². The van der Waals surface area contributed by atoms with E-state index in [0.717, 1.165) is 18.5 Å². The minimum atomic E-state index is -0.252. The number of hydrogen-bond donors (Lipinski definition) is 0. The number of aryl methyl sites for hydroxylation is 1. The van der Waals surface area contributed by atoms with E-state index in [1.54, 1.807) is 11.3 Å². The van der Waals surface area contributed by atoms with Crippen LogP contribution in [0.3, 0.4) is 0 Å². The molecule has 0 amide bonds. The van der Waals surface area contributed by atoms with Crippen molar-refractivity contribution in [2.45, 2.75) is 51.9 Å². The van der Waals surface area contributed by atoms with Gasteiger partial charge in [0, 0.05) is 4.88 Å². The molecule has 0 aliphatic heterocycles. The summed E-state index contributed by atoms with van der Waals surface area (Å²) in [5, 5.41) is 0.553. The quantitative estimate of drug-likeness (QED) is 0.770. The topological polar surface area (TPSA) is 39.2 Å². The van der Waals surface area contributed by atoms with E-state index in [-0.39, 0.29) is 5.97 Å². The SMILES string of the molecule is CCOC(=O)c1nc2c(s1)CC1(CCCC1)CC2. The summed E-state index contributed by atoms with van der Waals surface area (Å²) in [6.07, 6.45) is 8.91. The molecule has 2 aliphatic rings. The molecular weight excluding hydrogens is 246 g/mol. The van der Waals surface area contributed by atoms with Gasteiger partial charge in [0.15, 0.2) is 0 Å². The summed E-state index contributed by atoms with van der Waals surface area (Å²) in [5.74, 6) is -0.252. The fraction of sp³-hybridized carbons (Fsp3) is 0.714. The van der Waals surface area contributed by atoms with Crippen molar-refractivity contribution in [1.29, 1.82) is 0 Å². The van der Waals surface area contributed by atoms with E-state index < -0.39 is 0 Å². The van der Waals surface area contributed by atoms with Crippen LogP contribution in [-0.2, 0) is 17.6 Å². The average molecular weight is 265 g/mol. The second-order valence-electron chi connectivity index (χ2n) is 5.49. The summed E-state index contributed by atoms with van der Waals surface area (Å²) in [4.78, 5) is 17.5. The normalized spacial score (nSPS) is 20.9. The van der Waals surface area contributed by atoms with Crippen LogP contribution in [0.5, 0.6) is 0 Å². The van der Waals surface area contributed by atoms with Gasteiger partial charge in [-0.1, -0.05) is 12.8 Å². The number of thiazole rings is 1. The molecule has 0 N–H and O–H groups in total. The molecule has 1 spiro atoms. The van der Waals surface area contributed by atoms with Crippen molar-refractivity contribution in [2.24, 2.45) is 5.41 Å². The standard InChI is InChI=1S/C14H19NO2S/c1-2-17-13(16)12-15-10-5-8-14(6-3-4-7-14)9-11(10)18-12/h2-9H2,1H3. The van der Waals surface area contributed by atoms with Gasteiger partial charge in [0.1, 0.15) is 0 Å². The third-order valence-electron chi connectivity index (χ3n) is 4.32. The Morgan fingerprint density at radius 2 is 2.17 bits per heavy atom. The molecule has 2 aliphatic carbocycles. The van der Waals surface area contributed by atoms with Crippen molar-refractivity contribution in [3.05, 3.63) is 15.6 Å². The fourth-order valence-corrected chi connectivity index (χ4v) is 4.54. The highest BCUT2D eigenvalue weighted by atomic mass is 32.1. The van der Waals surface area contributed by atoms with Crippen molar-refractivity contribution in [2.75, 3.05) is 6.61 Å². The number of aromatic nitrogens is 1. The molecule has 3 rings (SSSR count). The van der Waals surface area contributed by atoms with Gasteiger partial charge < -0.3 is 4.74 Å². The average Bonchev–Trinajstić information content (AvgIpc) is 2.96. The highest BCUT2D eigenvalue weighted by Gasteiger charge is 2.38. The Morgan fingerprint density at radius 1 is 1.39 bits per heavy atom. The molecule has 1 aromatic rings.